The number of aliphatic hydroxyl groups is 1. The molecule has 212 valence electrons. The minimum absolute atomic E-state index is 0.0104. The van der Waals surface area contributed by atoms with Gasteiger partial charge in [-0.2, -0.15) is 0 Å². The first-order valence-electron chi connectivity index (χ1n) is 12.6. The van der Waals surface area contributed by atoms with Crippen LogP contribution in [0.5, 0.6) is 0 Å². The summed E-state index contributed by atoms with van der Waals surface area (Å²) in [5, 5.41) is 20.5. The van der Waals surface area contributed by atoms with E-state index in [0.717, 1.165) is 0 Å². The number of nitrogens with zero attached hydrogens (tertiary/aromatic N) is 2. The van der Waals surface area contributed by atoms with E-state index in [4.69, 9.17) is 16.1 Å². The molecule has 12 heteroatoms. The number of likely N-dealkylation sites (tertiary alicyclic amines) is 1. The Bertz CT molecular complexity index is 1360. The van der Waals surface area contributed by atoms with Crippen LogP contribution in [-0.2, 0) is 22.6 Å². The lowest BCUT2D eigenvalue weighted by atomic mass is 9.99. The minimum atomic E-state index is -3.35. The van der Waals surface area contributed by atoms with Gasteiger partial charge in [0.25, 0.3) is 17.7 Å². The van der Waals surface area contributed by atoms with Crippen molar-refractivity contribution >= 4 is 29.3 Å². The molecule has 1 aliphatic heterocycles. The molecule has 3 atom stereocenters. The summed E-state index contributed by atoms with van der Waals surface area (Å²) < 4.78 is 34.1. The van der Waals surface area contributed by atoms with E-state index in [2.05, 4.69) is 15.8 Å². The smallest absolute Gasteiger partial charge is 0.267 e. The predicted octanol–water partition coefficient (Wildman–Crippen LogP) is 3.20. The van der Waals surface area contributed by atoms with Gasteiger partial charge in [0, 0.05) is 18.0 Å². The van der Waals surface area contributed by atoms with Gasteiger partial charge in [-0.3, -0.25) is 14.4 Å². The van der Waals surface area contributed by atoms with Crippen LogP contribution in [0.4, 0.5) is 8.78 Å². The van der Waals surface area contributed by atoms with Gasteiger partial charge in [0.2, 0.25) is 5.91 Å². The van der Waals surface area contributed by atoms with Gasteiger partial charge in [0.1, 0.15) is 17.4 Å². The van der Waals surface area contributed by atoms with E-state index < -0.39 is 54.8 Å². The van der Waals surface area contributed by atoms with Crippen LogP contribution >= 0.6 is 11.6 Å². The second kappa shape index (κ2) is 12.1. The molecule has 0 spiro atoms. The van der Waals surface area contributed by atoms with Crippen molar-refractivity contribution in [2.24, 2.45) is 0 Å². The Morgan fingerprint density at radius 1 is 1.15 bits per heavy atom. The average molecular weight is 575 g/mol. The number of hydrogen-bond acceptors (Lipinski definition) is 6. The first-order valence-corrected chi connectivity index (χ1v) is 13.0. The van der Waals surface area contributed by atoms with Crippen LogP contribution in [-0.4, -0.2) is 63.5 Å². The van der Waals surface area contributed by atoms with Gasteiger partial charge in [-0.25, -0.2) is 8.78 Å². The summed E-state index contributed by atoms with van der Waals surface area (Å²) in [7, 11) is 0. The largest absolute Gasteiger partial charge is 0.381 e. The number of carbonyl (C=O) groups excluding carboxylic acids is 3. The Balaban J connectivity index is 1.55. The molecule has 40 heavy (non-hydrogen) atoms. The van der Waals surface area contributed by atoms with Gasteiger partial charge >= 0.3 is 0 Å². The van der Waals surface area contributed by atoms with Crippen molar-refractivity contribution in [1.29, 1.82) is 0 Å². The third-order valence-corrected chi connectivity index (χ3v) is 7.14. The van der Waals surface area contributed by atoms with Gasteiger partial charge in [-0.05, 0) is 37.5 Å². The van der Waals surface area contributed by atoms with E-state index in [1.165, 1.54) is 0 Å². The average Bonchev–Trinajstić information content (AvgIpc) is 3.44. The van der Waals surface area contributed by atoms with E-state index in [0.29, 0.717) is 26.7 Å². The summed E-state index contributed by atoms with van der Waals surface area (Å²) >= 11 is 6.12. The van der Waals surface area contributed by atoms with Crippen LogP contribution in [0, 0.1) is 13.8 Å². The highest BCUT2D eigenvalue weighted by Crippen LogP contribution is 2.33. The fourth-order valence-electron chi connectivity index (χ4n) is 4.72. The molecule has 1 aliphatic rings. The highest BCUT2D eigenvalue weighted by atomic mass is 35.5. The van der Waals surface area contributed by atoms with Crippen molar-refractivity contribution in [3.8, 4) is 0 Å². The molecule has 3 amide bonds. The number of nitrogens with one attached hydrogen (secondary N) is 2. The third-order valence-electron chi connectivity index (χ3n) is 6.78. The van der Waals surface area contributed by atoms with Crippen LogP contribution in [0.1, 0.15) is 39.4 Å². The molecule has 4 rings (SSSR count). The fraction of sp³-hybridized carbons (Fsp3) is 0.357. The number of aromatic nitrogens is 1. The number of aryl methyl sites for hydroxylation is 2. The lowest BCUT2D eigenvalue weighted by Gasteiger charge is -2.30. The molecule has 0 unspecified atom stereocenters. The standard InChI is InChI=1S/C28H29ClF2N4O5/c1-16-23(17(2)40-34-16)26(38)33-21(12-18-8-4-3-5-9-18)24(36)27(39)35-15-28(30,31)13-22(35)25(37)32-14-19-10-6-7-11-20(19)29/h3-11,21-22,24,36H,12-15H2,1-2H3,(H,32,37)(H,33,38)/t21-,22-,24-/m0/s1. The zero-order valence-corrected chi connectivity index (χ0v) is 22.6. The first kappa shape index (κ1) is 29.2. The van der Waals surface area contributed by atoms with Gasteiger partial charge < -0.3 is 25.2 Å². The first-order chi connectivity index (χ1) is 19.0. The lowest BCUT2D eigenvalue weighted by molar-refractivity contribution is -0.147. The molecule has 9 nitrogen and oxygen atoms in total. The molecule has 2 heterocycles. The maximum absolute atomic E-state index is 14.5. The number of carbonyl (C=O) groups is 3. The van der Waals surface area contributed by atoms with Crippen LogP contribution in [0.15, 0.2) is 59.1 Å². The van der Waals surface area contributed by atoms with E-state index in [-0.39, 0.29) is 24.3 Å². The van der Waals surface area contributed by atoms with Crippen LogP contribution in [0.25, 0.3) is 0 Å². The van der Waals surface area contributed by atoms with Crippen molar-refractivity contribution in [2.45, 2.75) is 57.3 Å². The van der Waals surface area contributed by atoms with Crippen LogP contribution in [0.2, 0.25) is 5.02 Å². The van der Waals surface area contributed by atoms with E-state index in [9.17, 15) is 28.3 Å². The maximum Gasteiger partial charge on any atom is 0.267 e. The highest BCUT2D eigenvalue weighted by Gasteiger charge is 2.51. The van der Waals surface area contributed by atoms with Gasteiger partial charge in [-0.1, -0.05) is 65.3 Å². The van der Waals surface area contributed by atoms with E-state index >= 15 is 0 Å². The zero-order chi connectivity index (χ0) is 29.0. The molecule has 1 saturated heterocycles. The van der Waals surface area contributed by atoms with Crippen molar-refractivity contribution in [3.05, 3.63) is 87.8 Å². The van der Waals surface area contributed by atoms with Crippen LogP contribution < -0.4 is 10.6 Å². The number of amides is 3. The topological polar surface area (TPSA) is 125 Å². The van der Waals surface area contributed by atoms with E-state index in [1.54, 1.807) is 68.4 Å². The number of aliphatic hydroxyl groups excluding tert-OH is 1. The molecule has 0 saturated carbocycles. The summed E-state index contributed by atoms with van der Waals surface area (Å²) in [5.41, 5.74) is 1.70. The van der Waals surface area contributed by atoms with Crippen molar-refractivity contribution in [1.82, 2.24) is 20.7 Å². The molecule has 3 aromatic rings. The predicted molar refractivity (Wildman–Crippen MR) is 142 cm³/mol. The molecule has 0 radical (unpaired) electrons. The van der Waals surface area contributed by atoms with Gasteiger partial charge in [0.05, 0.1) is 18.3 Å². The molecule has 3 N–H and O–H groups in total. The highest BCUT2D eigenvalue weighted by molar-refractivity contribution is 6.31. The molecule has 0 bridgehead atoms. The summed E-state index contributed by atoms with van der Waals surface area (Å²) in [6.07, 6.45) is -2.83. The van der Waals surface area contributed by atoms with Crippen molar-refractivity contribution in [3.63, 3.8) is 0 Å². The zero-order valence-electron chi connectivity index (χ0n) is 21.9. The molecular formula is C28H29ClF2N4O5. The Morgan fingerprint density at radius 2 is 1.82 bits per heavy atom. The number of halogens is 3. The quantitative estimate of drug-likeness (QED) is 0.360. The fourth-order valence-corrected chi connectivity index (χ4v) is 4.93. The molecule has 1 aromatic heterocycles. The maximum atomic E-state index is 14.5. The number of hydrogen-bond donors (Lipinski definition) is 3. The summed E-state index contributed by atoms with van der Waals surface area (Å²) in [6.45, 7) is 2.02. The van der Waals surface area contributed by atoms with Crippen molar-refractivity contribution in [2.75, 3.05) is 6.54 Å². The molecule has 2 aromatic carbocycles. The summed E-state index contributed by atoms with van der Waals surface area (Å²) in [4.78, 5) is 40.2. The molecule has 0 aliphatic carbocycles. The van der Waals surface area contributed by atoms with Gasteiger partial charge in [-0.15, -0.1) is 0 Å². The number of alkyl halides is 2. The molecular weight excluding hydrogens is 546 g/mol. The summed E-state index contributed by atoms with van der Waals surface area (Å²) in [6, 6.07) is 12.7. The molecule has 1 fully saturated rings. The lowest BCUT2D eigenvalue weighted by Crippen LogP contribution is -2.56. The Kier molecular flexibility index (Phi) is 8.85. The number of benzene rings is 2. The number of rotatable bonds is 9. The van der Waals surface area contributed by atoms with Gasteiger partial charge in [0.15, 0.2) is 6.10 Å². The van der Waals surface area contributed by atoms with Crippen molar-refractivity contribution < 1.29 is 32.8 Å². The minimum Gasteiger partial charge on any atom is -0.381 e. The second-order valence-electron chi connectivity index (χ2n) is 9.76. The Hall–Kier alpha value is -3.83. The summed E-state index contributed by atoms with van der Waals surface area (Å²) in [5.74, 6) is -5.67. The normalized spacial score (nSPS) is 17.8. The third kappa shape index (κ3) is 6.65. The Morgan fingerprint density at radius 3 is 2.48 bits per heavy atom. The van der Waals surface area contributed by atoms with Crippen LogP contribution in [0.3, 0.4) is 0 Å². The second-order valence-corrected chi connectivity index (χ2v) is 10.2. The monoisotopic (exact) mass is 574 g/mol. The Labute approximate surface area is 234 Å². The van der Waals surface area contributed by atoms with E-state index in [1.807, 2.05) is 0 Å². The SMILES string of the molecule is Cc1noc(C)c1C(=O)N[C@@H](Cc1ccccc1)[C@H](O)C(=O)N1CC(F)(F)C[C@H]1C(=O)NCc1ccccc1Cl.